The molecule has 0 saturated carbocycles. The van der Waals surface area contributed by atoms with Gasteiger partial charge >= 0.3 is 0 Å². The third-order valence-electron chi connectivity index (χ3n) is 3.70. The summed E-state index contributed by atoms with van der Waals surface area (Å²) in [7, 11) is 3.67. The molecule has 5 nitrogen and oxygen atoms in total. The van der Waals surface area contributed by atoms with Gasteiger partial charge in [-0.15, -0.1) is 0 Å². The minimum absolute atomic E-state index is 0.706. The summed E-state index contributed by atoms with van der Waals surface area (Å²) in [5.41, 5.74) is 5.96. The summed E-state index contributed by atoms with van der Waals surface area (Å²) in [5, 5.41) is 7.99. The third-order valence-corrected chi connectivity index (χ3v) is 3.70. The van der Waals surface area contributed by atoms with Crippen LogP contribution in [-0.2, 0) is 36.3 Å². The number of hydrogen-bond donors (Lipinski definition) is 1. The lowest BCUT2D eigenvalue weighted by Gasteiger charge is -2.06. The molecule has 3 rings (SSSR count). The largest absolute Gasteiger partial charge is 0.383 e. The van der Waals surface area contributed by atoms with Crippen molar-refractivity contribution >= 4 is 0 Å². The average Bonchev–Trinajstić information content (AvgIpc) is 3.09. The van der Waals surface area contributed by atoms with Crippen LogP contribution in [0.2, 0.25) is 0 Å². The van der Waals surface area contributed by atoms with E-state index in [1.54, 1.807) is 7.11 Å². The second-order valence-corrected chi connectivity index (χ2v) is 5.32. The molecule has 1 N–H and O–H groups in total. The van der Waals surface area contributed by atoms with Gasteiger partial charge in [-0.25, -0.2) is 0 Å². The second-order valence-electron chi connectivity index (χ2n) is 5.32. The fourth-order valence-electron chi connectivity index (χ4n) is 2.63. The minimum Gasteiger partial charge on any atom is -0.383 e. The number of hydrogen-bond acceptors (Lipinski definition) is 4. The standard InChI is InChI=1S/C16H21N3O2/c1-19-9-15(8-17-5-6-20-2)16(18-19)12-3-4-13-10-21-11-14(13)7-12/h3-4,7,9,17H,5-6,8,10-11H2,1-2H3. The molecule has 0 spiro atoms. The number of aryl methyl sites for hydroxylation is 1. The topological polar surface area (TPSA) is 48.3 Å². The molecule has 0 aliphatic carbocycles. The first-order chi connectivity index (χ1) is 10.3. The van der Waals surface area contributed by atoms with Crippen LogP contribution < -0.4 is 5.32 Å². The van der Waals surface area contributed by atoms with Crippen LogP contribution in [0, 0.1) is 0 Å². The third kappa shape index (κ3) is 3.15. The molecule has 0 unspecified atom stereocenters. The van der Waals surface area contributed by atoms with Gasteiger partial charge < -0.3 is 14.8 Å². The molecular weight excluding hydrogens is 266 g/mol. The van der Waals surface area contributed by atoms with E-state index in [4.69, 9.17) is 9.47 Å². The van der Waals surface area contributed by atoms with Gasteiger partial charge in [-0.1, -0.05) is 12.1 Å². The van der Waals surface area contributed by atoms with E-state index in [9.17, 15) is 0 Å². The number of ether oxygens (including phenoxy) is 2. The number of nitrogens with zero attached hydrogens (tertiary/aromatic N) is 2. The fourth-order valence-corrected chi connectivity index (χ4v) is 2.63. The van der Waals surface area contributed by atoms with E-state index in [0.29, 0.717) is 13.2 Å². The van der Waals surface area contributed by atoms with Crippen molar-refractivity contribution in [2.24, 2.45) is 7.05 Å². The Bertz CT molecular complexity index is 622. The Morgan fingerprint density at radius 1 is 1.33 bits per heavy atom. The Balaban J connectivity index is 1.81. The van der Waals surface area contributed by atoms with Crippen LogP contribution in [0.5, 0.6) is 0 Å². The zero-order valence-corrected chi connectivity index (χ0v) is 12.6. The normalized spacial score (nSPS) is 13.6. The van der Waals surface area contributed by atoms with Crippen molar-refractivity contribution in [3.8, 4) is 11.3 Å². The Kier molecular flexibility index (Phi) is 4.34. The van der Waals surface area contributed by atoms with Crippen LogP contribution in [0.15, 0.2) is 24.4 Å². The molecule has 21 heavy (non-hydrogen) atoms. The predicted octanol–water partition coefficient (Wildman–Crippen LogP) is 1.85. The van der Waals surface area contributed by atoms with Crippen LogP contribution in [0.1, 0.15) is 16.7 Å². The number of methoxy groups -OCH3 is 1. The molecule has 0 fully saturated rings. The van der Waals surface area contributed by atoms with Crippen molar-refractivity contribution in [3.05, 3.63) is 41.1 Å². The van der Waals surface area contributed by atoms with Crippen molar-refractivity contribution in [1.29, 1.82) is 0 Å². The smallest absolute Gasteiger partial charge is 0.0968 e. The molecule has 1 aliphatic heterocycles. The lowest BCUT2D eigenvalue weighted by Crippen LogP contribution is -2.18. The molecule has 5 heteroatoms. The maximum Gasteiger partial charge on any atom is 0.0968 e. The summed E-state index contributed by atoms with van der Waals surface area (Å²) in [6.45, 7) is 3.77. The Morgan fingerprint density at radius 3 is 3.05 bits per heavy atom. The first-order valence-electron chi connectivity index (χ1n) is 7.20. The molecule has 0 saturated heterocycles. The van der Waals surface area contributed by atoms with E-state index in [0.717, 1.165) is 31.0 Å². The Morgan fingerprint density at radius 2 is 2.19 bits per heavy atom. The second kappa shape index (κ2) is 6.39. The number of benzene rings is 1. The molecule has 0 bridgehead atoms. The van der Waals surface area contributed by atoms with Gasteiger partial charge in [0.25, 0.3) is 0 Å². The minimum atomic E-state index is 0.706. The summed E-state index contributed by atoms with van der Waals surface area (Å²) in [6.07, 6.45) is 2.07. The van der Waals surface area contributed by atoms with E-state index in [-0.39, 0.29) is 0 Å². The number of rotatable bonds is 6. The summed E-state index contributed by atoms with van der Waals surface area (Å²) in [6, 6.07) is 6.48. The maximum atomic E-state index is 5.48. The zero-order chi connectivity index (χ0) is 14.7. The lowest BCUT2D eigenvalue weighted by molar-refractivity contribution is 0.134. The molecule has 1 aliphatic rings. The molecule has 1 aromatic heterocycles. The van der Waals surface area contributed by atoms with E-state index < -0.39 is 0 Å². The summed E-state index contributed by atoms with van der Waals surface area (Å²) in [5.74, 6) is 0. The van der Waals surface area contributed by atoms with Crippen molar-refractivity contribution in [3.63, 3.8) is 0 Å². The summed E-state index contributed by atoms with van der Waals surface area (Å²) >= 11 is 0. The van der Waals surface area contributed by atoms with E-state index >= 15 is 0 Å². The molecule has 0 amide bonds. The van der Waals surface area contributed by atoms with Crippen molar-refractivity contribution in [2.45, 2.75) is 19.8 Å². The van der Waals surface area contributed by atoms with Gasteiger partial charge in [0.05, 0.1) is 25.5 Å². The van der Waals surface area contributed by atoms with E-state index in [1.807, 2.05) is 11.7 Å². The SMILES string of the molecule is COCCNCc1cn(C)nc1-c1ccc2c(c1)COC2. The molecule has 2 heterocycles. The molecule has 1 aromatic carbocycles. The molecule has 0 atom stereocenters. The van der Waals surface area contributed by atoms with Crippen molar-refractivity contribution in [1.82, 2.24) is 15.1 Å². The highest BCUT2D eigenvalue weighted by Gasteiger charge is 2.15. The molecule has 0 radical (unpaired) electrons. The monoisotopic (exact) mass is 287 g/mol. The lowest BCUT2D eigenvalue weighted by atomic mass is 10.0. The van der Waals surface area contributed by atoms with Crippen LogP contribution in [0.3, 0.4) is 0 Å². The van der Waals surface area contributed by atoms with Crippen LogP contribution >= 0.6 is 0 Å². The highest BCUT2D eigenvalue weighted by Crippen LogP contribution is 2.28. The molecule has 112 valence electrons. The fraction of sp³-hybridized carbons (Fsp3) is 0.438. The maximum absolute atomic E-state index is 5.48. The number of fused-ring (bicyclic) bond motifs is 1. The summed E-state index contributed by atoms with van der Waals surface area (Å²) in [4.78, 5) is 0. The van der Waals surface area contributed by atoms with Crippen LogP contribution in [0.4, 0.5) is 0 Å². The number of nitrogens with one attached hydrogen (secondary N) is 1. The van der Waals surface area contributed by atoms with Gasteiger partial charge in [0.1, 0.15) is 0 Å². The van der Waals surface area contributed by atoms with Gasteiger partial charge in [-0.2, -0.15) is 5.10 Å². The zero-order valence-electron chi connectivity index (χ0n) is 12.6. The Hall–Kier alpha value is -1.69. The van der Waals surface area contributed by atoms with Gasteiger partial charge in [0.15, 0.2) is 0 Å². The van der Waals surface area contributed by atoms with E-state index in [2.05, 4.69) is 34.8 Å². The average molecular weight is 287 g/mol. The van der Waals surface area contributed by atoms with Crippen molar-refractivity contribution in [2.75, 3.05) is 20.3 Å². The van der Waals surface area contributed by atoms with Gasteiger partial charge in [-0.3, -0.25) is 4.68 Å². The summed E-state index contributed by atoms with van der Waals surface area (Å²) < 4.78 is 12.4. The highest BCUT2D eigenvalue weighted by molar-refractivity contribution is 5.64. The quantitative estimate of drug-likeness (QED) is 0.824. The van der Waals surface area contributed by atoms with Gasteiger partial charge in [0.2, 0.25) is 0 Å². The first kappa shape index (κ1) is 14.3. The van der Waals surface area contributed by atoms with E-state index in [1.165, 1.54) is 16.7 Å². The van der Waals surface area contributed by atoms with Crippen molar-refractivity contribution < 1.29 is 9.47 Å². The highest BCUT2D eigenvalue weighted by atomic mass is 16.5. The van der Waals surface area contributed by atoms with Gasteiger partial charge in [-0.05, 0) is 17.2 Å². The van der Waals surface area contributed by atoms with Crippen LogP contribution in [-0.4, -0.2) is 30.0 Å². The Labute approximate surface area is 124 Å². The van der Waals surface area contributed by atoms with Gasteiger partial charge in [0, 0.05) is 44.6 Å². The molecule has 2 aromatic rings. The predicted molar refractivity (Wildman–Crippen MR) is 80.7 cm³/mol. The first-order valence-corrected chi connectivity index (χ1v) is 7.20. The van der Waals surface area contributed by atoms with Crippen LogP contribution in [0.25, 0.3) is 11.3 Å². The number of aromatic nitrogens is 2. The molecular formula is C16H21N3O2.